The SMILES string of the molecule is N=C(OC1O[C@@H](COC(=O)c2ccccc2)[C@H](OC(=O)c2ccccc2)[C@@H](OC(=O)c2ccccc2)[C@H]1OC(=O)c1ccccc1)C(Cl)(Cl)Cl. The van der Waals surface area contributed by atoms with Crippen molar-refractivity contribution in [2.45, 2.75) is 34.5 Å². The van der Waals surface area contributed by atoms with Gasteiger partial charge in [-0.25, -0.2) is 19.2 Å². The molecular formula is C36H28Cl3NO10. The first-order chi connectivity index (χ1) is 24.0. The van der Waals surface area contributed by atoms with Crippen LogP contribution in [0.1, 0.15) is 41.4 Å². The Balaban J connectivity index is 1.58. The first-order valence-electron chi connectivity index (χ1n) is 15.0. The Hall–Kier alpha value is -4.94. The fourth-order valence-corrected chi connectivity index (χ4v) is 4.94. The molecule has 1 N–H and O–H groups in total. The van der Waals surface area contributed by atoms with Gasteiger partial charge in [0.05, 0.1) is 22.3 Å². The standard InChI is InChI=1S/C36H28Cl3NO10/c37-36(38,39)35(40)50-34-29(49-33(44)25-19-11-4-12-20-25)28(48-32(43)24-17-9-3-10-18-24)27(47-31(42)23-15-7-2-8-16-23)26(46-34)21-45-30(41)22-13-5-1-6-14-22/h1-20,26-29,34,40H,21H2/t26-,27-,28+,29+,34?/m0/s1. The fraction of sp³-hybridized carbons (Fsp3) is 0.194. The van der Waals surface area contributed by atoms with Crippen LogP contribution in [0.4, 0.5) is 0 Å². The summed E-state index contributed by atoms with van der Waals surface area (Å²) in [6.07, 6.45) is -8.34. The number of halogens is 3. The summed E-state index contributed by atoms with van der Waals surface area (Å²) in [4.78, 5) is 53.5. The van der Waals surface area contributed by atoms with Crippen molar-refractivity contribution < 1.29 is 47.6 Å². The number of carbonyl (C=O) groups is 4. The third kappa shape index (κ3) is 9.39. The van der Waals surface area contributed by atoms with E-state index >= 15 is 0 Å². The van der Waals surface area contributed by atoms with Crippen LogP contribution in [-0.2, 0) is 28.4 Å². The molecule has 5 atom stereocenters. The van der Waals surface area contributed by atoms with E-state index in [1.807, 2.05) is 0 Å². The zero-order valence-corrected chi connectivity index (χ0v) is 28.1. The second kappa shape index (κ2) is 16.6. The summed E-state index contributed by atoms with van der Waals surface area (Å²) >= 11 is 17.8. The van der Waals surface area contributed by atoms with Crippen LogP contribution >= 0.6 is 34.8 Å². The molecule has 1 aliphatic heterocycles. The number of hydrogen-bond donors (Lipinski definition) is 1. The second-order valence-electron chi connectivity index (χ2n) is 10.7. The van der Waals surface area contributed by atoms with Gasteiger partial charge in [-0.1, -0.05) is 108 Å². The Bertz CT molecular complexity index is 1790. The van der Waals surface area contributed by atoms with Gasteiger partial charge in [-0.2, -0.15) is 0 Å². The topological polar surface area (TPSA) is 148 Å². The molecule has 0 spiro atoms. The van der Waals surface area contributed by atoms with Crippen LogP contribution in [0.2, 0.25) is 0 Å². The lowest BCUT2D eigenvalue weighted by molar-refractivity contribution is -0.279. The van der Waals surface area contributed by atoms with Crippen molar-refractivity contribution >= 4 is 64.6 Å². The molecule has 4 aromatic rings. The molecule has 4 aromatic carbocycles. The van der Waals surface area contributed by atoms with Gasteiger partial charge in [0, 0.05) is 0 Å². The van der Waals surface area contributed by atoms with E-state index in [1.54, 1.807) is 72.8 Å². The van der Waals surface area contributed by atoms with Crippen LogP contribution in [0.15, 0.2) is 121 Å². The molecule has 11 nitrogen and oxygen atoms in total. The lowest BCUT2D eigenvalue weighted by Gasteiger charge is -2.44. The van der Waals surface area contributed by atoms with Gasteiger partial charge in [0.25, 0.3) is 3.79 Å². The molecule has 1 heterocycles. The molecule has 0 aromatic heterocycles. The molecule has 5 rings (SSSR count). The highest BCUT2D eigenvalue weighted by Crippen LogP contribution is 2.35. The average Bonchev–Trinajstić information content (AvgIpc) is 3.13. The maximum absolute atomic E-state index is 13.6. The minimum Gasteiger partial charge on any atom is -0.459 e. The Morgan fingerprint density at radius 3 is 1.30 bits per heavy atom. The summed E-state index contributed by atoms with van der Waals surface area (Å²) in [5.74, 6) is -4.41. The third-order valence-electron chi connectivity index (χ3n) is 7.23. The van der Waals surface area contributed by atoms with E-state index in [2.05, 4.69) is 0 Å². The average molecular weight is 741 g/mol. The number of ether oxygens (including phenoxy) is 6. The van der Waals surface area contributed by atoms with E-state index in [0.29, 0.717) is 0 Å². The van der Waals surface area contributed by atoms with Crippen molar-refractivity contribution in [2.24, 2.45) is 0 Å². The zero-order valence-electron chi connectivity index (χ0n) is 25.9. The van der Waals surface area contributed by atoms with Crippen LogP contribution in [0, 0.1) is 5.41 Å². The number of hydrogen-bond acceptors (Lipinski definition) is 11. The first-order valence-corrected chi connectivity index (χ1v) is 16.1. The quantitative estimate of drug-likeness (QED) is 0.0620. The minimum atomic E-state index is -2.40. The highest BCUT2D eigenvalue weighted by Gasteiger charge is 2.55. The first kappa shape index (κ1) is 36.3. The monoisotopic (exact) mass is 739 g/mol. The van der Waals surface area contributed by atoms with Gasteiger partial charge in [0.1, 0.15) is 12.7 Å². The van der Waals surface area contributed by atoms with E-state index in [9.17, 15) is 19.2 Å². The second-order valence-corrected chi connectivity index (χ2v) is 12.9. The van der Waals surface area contributed by atoms with Gasteiger partial charge in [-0.15, -0.1) is 0 Å². The molecule has 1 saturated heterocycles. The number of nitrogens with one attached hydrogen (secondary N) is 1. The van der Waals surface area contributed by atoms with Crippen LogP contribution in [-0.4, -0.2) is 70.9 Å². The van der Waals surface area contributed by atoms with E-state index in [0.717, 1.165) is 0 Å². The molecule has 0 bridgehead atoms. The molecule has 0 saturated carbocycles. The van der Waals surface area contributed by atoms with Crippen molar-refractivity contribution in [1.29, 1.82) is 5.41 Å². The van der Waals surface area contributed by atoms with Crippen LogP contribution in [0.5, 0.6) is 0 Å². The summed E-state index contributed by atoms with van der Waals surface area (Å²) in [7, 11) is 0. The largest absolute Gasteiger partial charge is 0.459 e. The summed E-state index contributed by atoms with van der Waals surface area (Å²) in [6.45, 7) is -0.597. The number of carbonyl (C=O) groups excluding carboxylic acids is 4. The molecule has 1 aliphatic rings. The van der Waals surface area contributed by atoms with Crippen molar-refractivity contribution in [3.63, 3.8) is 0 Å². The van der Waals surface area contributed by atoms with Gasteiger partial charge < -0.3 is 28.4 Å². The maximum atomic E-state index is 13.6. The van der Waals surface area contributed by atoms with E-state index in [4.69, 9.17) is 68.6 Å². The molecule has 1 unspecified atom stereocenters. The lowest BCUT2D eigenvalue weighted by atomic mass is 9.97. The lowest BCUT2D eigenvalue weighted by Crippen LogP contribution is -2.63. The smallest absolute Gasteiger partial charge is 0.338 e. The molecule has 0 aliphatic carbocycles. The molecule has 1 fully saturated rings. The van der Waals surface area contributed by atoms with Crippen LogP contribution in [0.25, 0.3) is 0 Å². The normalized spacial score (nSPS) is 20.1. The highest BCUT2D eigenvalue weighted by molar-refractivity contribution is 6.76. The Labute approximate surface area is 301 Å². The number of rotatable bonds is 10. The fourth-order valence-electron chi connectivity index (χ4n) is 4.81. The van der Waals surface area contributed by atoms with Crippen LogP contribution < -0.4 is 0 Å². The summed E-state index contributed by atoms with van der Waals surface area (Å²) in [6, 6.07) is 31.5. The molecule has 50 heavy (non-hydrogen) atoms. The van der Waals surface area contributed by atoms with E-state index < -0.39 is 70.9 Å². The molecule has 0 amide bonds. The molecule has 258 valence electrons. The molecule has 14 heteroatoms. The Morgan fingerprint density at radius 1 is 0.540 bits per heavy atom. The van der Waals surface area contributed by atoms with Gasteiger partial charge in [0.15, 0.2) is 12.2 Å². The minimum absolute atomic E-state index is 0.0904. The van der Waals surface area contributed by atoms with Crippen molar-refractivity contribution in [1.82, 2.24) is 0 Å². The van der Waals surface area contributed by atoms with E-state index in [1.165, 1.54) is 48.5 Å². The van der Waals surface area contributed by atoms with Gasteiger partial charge in [0.2, 0.25) is 18.3 Å². The van der Waals surface area contributed by atoms with Crippen molar-refractivity contribution in [3.8, 4) is 0 Å². The summed E-state index contributed by atoms with van der Waals surface area (Å²) in [5, 5.41) is 8.26. The number of esters is 4. The van der Waals surface area contributed by atoms with Gasteiger partial charge in [-0.05, 0) is 48.5 Å². The predicted molar refractivity (Wildman–Crippen MR) is 181 cm³/mol. The maximum Gasteiger partial charge on any atom is 0.338 e. The number of alkyl halides is 3. The Kier molecular flexibility index (Phi) is 12.1. The van der Waals surface area contributed by atoms with Crippen molar-refractivity contribution in [3.05, 3.63) is 144 Å². The Morgan fingerprint density at radius 2 is 0.900 bits per heavy atom. The van der Waals surface area contributed by atoms with Gasteiger partial charge in [-0.3, -0.25) is 5.41 Å². The predicted octanol–water partition coefficient (Wildman–Crippen LogP) is 6.61. The molecule has 0 radical (unpaired) electrons. The van der Waals surface area contributed by atoms with E-state index in [-0.39, 0.29) is 22.3 Å². The van der Waals surface area contributed by atoms with Gasteiger partial charge >= 0.3 is 23.9 Å². The number of benzene rings is 4. The molecular weight excluding hydrogens is 713 g/mol. The zero-order chi connectivity index (χ0) is 35.7. The van der Waals surface area contributed by atoms with Crippen LogP contribution in [0.3, 0.4) is 0 Å². The third-order valence-corrected chi connectivity index (χ3v) is 7.74. The van der Waals surface area contributed by atoms with Crippen molar-refractivity contribution in [2.75, 3.05) is 6.61 Å². The highest BCUT2D eigenvalue weighted by atomic mass is 35.6. The summed E-state index contributed by atoms with van der Waals surface area (Å²) < 4.78 is 32.5. The summed E-state index contributed by atoms with van der Waals surface area (Å²) in [5.41, 5.74) is 0.509.